The predicted octanol–water partition coefficient (Wildman–Crippen LogP) is 4.44. The van der Waals surface area contributed by atoms with Gasteiger partial charge in [-0.1, -0.05) is 60.1 Å². The van der Waals surface area contributed by atoms with Gasteiger partial charge in [0.25, 0.3) is 0 Å². The lowest BCUT2D eigenvalue weighted by atomic mass is 10.0. The summed E-state index contributed by atoms with van der Waals surface area (Å²) >= 11 is 6.13. The maximum Gasteiger partial charge on any atom is 0.0441 e. The van der Waals surface area contributed by atoms with Crippen LogP contribution in [0.2, 0.25) is 0 Å². The zero-order chi connectivity index (χ0) is 9.97. The molecule has 0 aliphatic carbocycles. The summed E-state index contributed by atoms with van der Waals surface area (Å²) in [5.74, 6) is 0. The molecule has 2 aromatic rings. The number of halogens is 1. The van der Waals surface area contributed by atoms with E-state index in [9.17, 15) is 0 Å². The largest absolute Gasteiger partial charge is 0.0840 e. The molecule has 70 valence electrons. The molecule has 0 saturated heterocycles. The average molecular weight is 203 g/mol. The van der Waals surface area contributed by atoms with Crippen LogP contribution >= 0.6 is 11.6 Å². The third-order valence-corrected chi connectivity index (χ3v) is 2.72. The Labute approximate surface area is 88.8 Å². The summed E-state index contributed by atoms with van der Waals surface area (Å²) in [6.45, 7) is 1.95. The van der Waals surface area contributed by atoms with Crippen molar-refractivity contribution in [3.8, 4) is 0 Å². The summed E-state index contributed by atoms with van der Waals surface area (Å²) in [6.07, 6.45) is 1.92. The van der Waals surface area contributed by atoms with E-state index in [1.54, 1.807) is 0 Å². The van der Waals surface area contributed by atoms with Crippen LogP contribution in [0.5, 0.6) is 0 Å². The van der Waals surface area contributed by atoms with Crippen molar-refractivity contribution in [1.29, 1.82) is 0 Å². The molecule has 0 unspecified atom stereocenters. The Morgan fingerprint density at radius 1 is 1.07 bits per heavy atom. The molecule has 2 aromatic carbocycles. The summed E-state index contributed by atoms with van der Waals surface area (Å²) < 4.78 is 0. The van der Waals surface area contributed by atoms with Crippen LogP contribution in [0, 0.1) is 0 Å². The molecular formula is C13H11Cl. The lowest BCUT2D eigenvalue weighted by Gasteiger charge is -2.04. The standard InChI is InChI=1S/C13H11Cl/c1-2-13(14)12-9-5-7-10-6-3-4-8-11(10)12/h2-9H,1H3/b13-2-. The van der Waals surface area contributed by atoms with Crippen LogP contribution in [0.4, 0.5) is 0 Å². The smallest absolute Gasteiger partial charge is 0.0441 e. The van der Waals surface area contributed by atoms with Crippen LogP contribution < -0.4 is 0 Å². The quantitative estimate of drug-likeness (QED) is 0.642. The van der Waals surface area contributed by atoms with Gasteiger partial charge in [0.1, 0.15) is 0 Å². The molecule has 0 spiro atoms. The molecule has 0 N–H and O–H groups in total. The molecule has 0 radical (unpaired) electrons. The van der Waals surface area contributed by atoms with E-state index in [-0.39, 0.29) is 0 Å². The lowest BCUT2D eigenvalue weighted by Crippen LogP contribution is -1.80. The lowest BCUT2D eigenvalue weighted by molar-refractivity contribution is 1.68. The molecule has 0 aromatic heterocycles. The zero-order valence-electron chi connectivity index (χ0n) is 8.00. The molecule has 1 heteroatoms. The van der Waals surface area contributed by atoms with E-state index in [1.165, 1.54) is 10.8 Å². The topological polar surface area (TPSA) is 0 Å². The number of rotatable bonds is 1. The van der Waals surface area contributed by atoms with E-state index >= 15 is 0 Å². The van der Waals surface area contributed by atoms with E-state index < -0.39 is 0 Å². The summed E-state index contributed by atoms with van der Waals surface area (Å²) in [5.41, 5.74) is 1.10. The second-order valence-electron chi connectivity index (χ2n) is 3.16. The third-order valence-electron chi connectivity index (χ3n) is 2.30. The molecule has 0 nitrogen and oxygen atoms in total. The highest BCUT2D eigenvalue weighted by atomic mass is 35.5. The minimum Gasteiger partial charge on any atom is -0.0840 e. The fraction of sp³-hybridized carbons (Fsp3) is 0.0769. The van der Waals surface area contributed by atoms with Crippen LogP contribution in [0.25, 0.3) is 15.8 Å². The number of hydrogen-bond acceptors (Lipinski definition) is 0. The number of allylic oxidation sites excluding steroid dienone is 1. The SMILES string of the molecule is C/C=C(\Cl)c1cccc2ccccc12. The van der Waals surface area contributed by atoms with Gasteiger partial charge in [0, 0.05) is 10.6 Å². The second-order valence-corrected chi connectivity index (χ2v) is 3.57. The van der Waals surface area contributed by atoms with Gasteiger partial charge in [0.2, 0.25) is 0 Å². The number of benzene rings is 2. The van der Waals surface area contributed by atoms with Crippen molar-refractivity contribution < 1.29 is 0 Å². The molecule has 0 bridgehead atoms. The summed E-state index contributed by atoms with van der Waals surface area (Å²) in [7, 11) is 0. The Morgan fingerprint density at radius 2 is 1.79 bits per heavy atom. The maximum atomic E-state index is 6.13. The van der Waals surface area contributed by atoms with Gasteiger partial charge in [0.15, 0.2) is 0 Å². The van der Waals surface area contributed by atoms with Crippen LogP contribution in [-0.4, -0.2) is 0 Å². The molecule has 14 heavy (non-hydrogen) atoms. The van der Waals surface area contributed by atoms with Gasteiger partial charge in [-0.2, -0.15) is 0 Å². The fourth-order valence-corrected chi connectivity index (χ4v) is 1.75. The molecule has 0 aliphatic heterocycles. The van der Waals surface area contributed by atoms with E-state index in [0.29, 0.717) is 0 Å². The van der Waals surface area contributed by atoms with Gasteiger partial charge in [-0.05, 0) is 17.7 Å². The molecule has 2 rings (SSSR count). The maximum absolute atomic E-state index is 6.13. The third kappa shape index (κ3) is 1.53. The summed E-state index contributed by atoms with van der Waals surface area (Å²) in [6, 6.07) is 14.4. The van der Waals surface area contributed by atoms with Crippen LogP contribution in [0.15, 0.2) is 48.5 Å². The van der Waals surface area contributed by atoms with Gasteiger partial charge in [-0.3, -0.25) is 0 Å². The molecule has 0 heterocycles. The van der Waals surface area contributed by atoms with Crippen molar-refractivity contribution in [2.45, 2.75) is 6.92 Å². The minimum atomic E-state index is 0.807. The van der Waals surface area contributed by atoms with Crippen molar-refractivity contribution >= 4 is 27.4 Å². The van der Waals surface area contributed by atoms with E-state index in [2.05, 4.69) is 18.2 Å². The highest BCUT2D eigenvalue weighted by molar-refractivity contribution is 6.49. The first-order valence-electron chi connectivity index (χ1n) is 4.63. The number of hydrogen-bond donors (Lipinski definition) is 0. The van der Waals surface area contributed by atoms with Crippen LogP contribution in [0.1, 0.15) is 12.5 Å². The van der Waals surface area contributed by atoms with Gasteiger partial charge >= 0.3 is 0 Å². The zero-order valence-corrected chi connectivity index (χ0v) is 8.75. The Morgan fingerprint density at radius 3 is 2.57 bits per heavy atom. The number of fused-ring (bicyclic) bond motifs is 1. The Hall–Kier alpha value is -1.27. The Kier molecular flexibility index (Phi) is 2.55. The normalized spacial score (nSPS) is 12.0. The average Bonchev–Trinajstić information content (AvgIpc) is 2.27. The predicted molar refractivity (Wildman–Crippen MR) is 63.5 cm³/mol. The first-order chi connectivity index (χ1) is 6.83. The van der Waals surface area contributed by atoms with Gasteiger partial charge in [-0.25, -0.2) is 0 Å². The first kappa shape index (κ1) is 9.29. The Bertz CT molecular complexity index is 478. The monoisotopic (exact) mass is 202 g/mol. The van der Waals surface area contributed by atoms with Gasteiger partial charge < -0.3 is 0 Å². The Balaban J connectivity index is 2.77. The summed E-state index contributed by atoms with van der Waals surface area (Å²) in [5, 5.41) is 3.24. The van der Waals surface area contributed by atoms with Gasteiger partial charge in [-0.15, -0.1) is 0 Å². The van der Waals surface area contributed by atoms with Crippen LogP contribution in [0.3, 0.4) is 0 Å². The minimum absolute atomic E-state index is 0.807. The highest BCUT2D eigenvalue weighted by Gasteiger charge is 2.01. The molecule has 0 amide bonds. The van der Waals surface area contributed by atoms with Crippen molar-refractivity contribution in [3.63, 3.8) is 0 Å². The molecule has 0 fully saturated rings. The van der Waals surface area contributed by atoms with Gasteiger partial charge in [0.05, 0.1) is 0 Å². The first-order valence-corrected chi connectivity index (χ1v) is 5.00. The molecule has 0 aliphatic rings. The molecule has 0 atom stereocenters. The highest BCUT2D eigenvalue weighted by Crippen LogP contribution is 2.27. The summed E-state index contributed by atoms with van der Waals surface area (Å²) in [4.78, 5) is 0. The van der Waals surface area contributed by atoms with Crippen LogP contribution in [-0.2, 0) is 0 Å². The van der Waals surface area contributed by atoms with E-state index in [1.807, 2.05) is 37.3 Å². The molecular weight excluding hydrogens is 192 g/mol. The van der Waals surface area contributed by atoms with E-state index in [0.717, 1.165) is 10.6 Å². The fourth-order valence-electron chi connectivity index (χ4n) is 1.59. The van der Waals surface area contributed by atoms with Crippen molar-refractivity contribution in [1.82, 2.24) is 0 Å². The molecule has 0 saturated carbocycles. The second kappa shape index (κ2) is 3.85. The van der Waals surface area contributed by atoms with Crippen molar-refractivity contribution in [3.05, 3.63) is 54.1 Å². The van der Waals surface area contributed by atoms with Crippen molar-refractivity contribution in [2.24, 2.45) is 0 Å². The van der Waals surface area contributed by atoms with E-state index in [4.69, 9.17) is 11.6 Å². The van der Waals surface area contributed by atoms with Crippen molar-refractivity contribution in [2.75, 3.05) is 0 Å².